The lowest BCUT2D eigenvalue weighted by atomic mass is 10.3. The number of benzene rings is 3. The van der Waals surface area contributed by atoms with Crippen LogP contribution in [0.3, 0.4) is 0 Å². The highest BCUT2D eigenvalue weighted by Gasteiger charge is 2.05. The topological polar surface area (TPSA) is 98.3 Å². The average Bonchev–Trinajstić information content (AvgIpc) is 2.81. The fourth-order valence-electron chi connectivity index (χ4n) is 2.71. The Bertz CT molecular complexity index is 1070. The maximum absolute atomic E-state index is 12.1. The van der Waals surface area contributed by atoms with Crippen molar-refractivity contribution in [3.05, 3.63) is 90.8 Å². The van der Waals surface area contributed by atoms with Gasteiger partial charge in [-0.25, -0.2) is 4.79 Å². The molecular weight excluding hydrogens is 422 g/mol. The predicted molar refractivity (Wildman–Crippen MR) is 133 cm³/mol. The number of thioether (sulfide) groups is 1. The lowest BCUT2D eigenvalue weighted by Gasteiger charge is -2.12. The second kappa shape index (κ2) is 11.5. The summed E-state index contributed by atoms with van der Waals surface area (Å²) in [7, 11) is 1.77. The molecule has 0 aliphatic rings. The molecule has 0 aliphatic heterocycles. The van der Waals surface area contributed by atoms with Crippen LogP contribution in [0, 0.1) is 5.41 Å². The summed E-state index contributed by atoms with van der Waals surface area (Å²) in [5, 5.41) is 19.9. The Morgan fingerprint density at radius 1 is 0.844 bits per heavy atom. The summed E-state index contributed by atoms with van der Waals surface area (Å²) in [5.41, 5.74) is 2.22. The molecule has 0 radical (unpaired) electrons. The van der Waals surface area contributed by atoms with Gasteiger partial charge < -0.3 is 26.0 Å². The van der Waals surface area contributed by atoms with E-state index in [1.54, 1.807) is 49.2 Å². The zero-order valence-electron chi connectivity index (χ0n) is 17.8. The third kappa shape index (κ3) is 7.10. The van der Waals surface area contributed by atoms with Crippen molar-refractivity contribution in [3.63, 3.8) is 0 Å². The second-order valence-electron chi connectivity index (χ2n) is 6.60. The molecule has 0 bridgehead atoms. The van der Waals surface area contributed by atoms with Crippen molar-refractivity contribution in [3.8, 4) is 5.75 Å². The first-order valence-corrected chi connectivity index (χ1v) is 11.1. The first-order valence-electron chi connectivity index (χ1n) is 9.86. The number of carbonyl (C=O) groups excluding carboxylic acids is 1. The Morgan fingerprint density at radius 2 is 1.41 bits per heavy atom. The van der Waals surface area contributed by atoms with Gasteiger partial charge >= 0.3 is 6.03 Å². The fourth-order valence-corrected chi connectivity index (χ4v) is 3.12. The van der Waals surface area contributed by atoms with Gasteiger partial charge in [-0.2, -0.15) is 0 Å². The van der Waals surface area contributed by atoms with Crippen LogP contribution in [0.5, 0.6) is 5.75 Å². The van der Waals surface area contributed by atoms with Crippen LogP contribution in [0.25, 0.3) is 0 Å². The molecule has 5 N–H and O–H groups in total. The molecule has 7 nitrogen and oxygen atoms in total. The van der Waals surface area contributed by atoms with E-state index in [4.69, 9.17) is 10.1 Å². The number of ether oxygens (including phenoxy) is 1. The average molecular weight is 448 g/mol. The monoisotopic (exact) mass is 447 g/mol. The van der Waals surface area contributed by atoms with Gasteiger partial charge in [0.1, 0.15) is 11.6 Å². The number of hydrogen-bond donors (Lipinski definition) is 5. The van der Waals surface area contributed by atoms with Crippen molar-refractivity contribution in [2.75, 3.05) is 29.3 Å². The number of urea groups is 1. The number of anilines is 3. The molecule has 0 aromatic heterocycles. The van der Waals surface area contributed by atoms with Crippen LogP contribution < -0.4 is 26.0 Å². The minimum atomic E-state index is -0.337. The molecule has 0 saturated carbocycles. The standard InChI is InChI=1S/C24H25N5O2S/c1-26-23(27-18-10-14-21(32-2)15-11-18)16-22(25)31-20-12-8-19(9-13-20)29-24(30)28-17-6-4-3-5-7-17/h3-16,25-27H,1-2H3,(H2,28,29,30)/b23-16+,25-22?. The summed E-state index contributed by atoms with van der Waals surface area (Å²) in [6, 6.07) is 23.7. The van der Waals surface area contributed by atoms with Crippen molar-refractivity contribution >= 4 is 40.8 Å². The van der Waals surface area contributed by atoms with Crippen LogP contribution in [0.4, 0.5) is 21.9 Å². The smallest absolute Gasteiger partial charge is 0.323 e. The molecule has 8 heteroatoms. The molecule has 0 atom stereocenters. The lowest BCUT2D eigenvalue weighted by Crippen LogP contribution is -2.19. The third-order valence-corrected chi connectivity index (χ3v) is 5.03. The first kappa shape index (κ1) is 22.8. The highest BCUT2D eigenvalue weighted by molar-refractivity contribution is 7.98. The Balaban J connectivity index is 1.54. The fraction of sp³-hybridized carbons (Fsp3) is 0.0833. The first-order chi connectivity index (χ1) is 15.6. The molecule has 3 aromatic carbocycles. The molecule has 0 heterocycles. The predicted octanol–water partition coefficient (Wildman–Crippen LogP) is 5.58. The van der Waals surface area contributed by atoms with Crippen LogP contribution in [0.15, 0.2) is 95.7 Å². The minimum absolute atomic E-state index is 0.0369. The zero-order valence-corrected chi connectivity index (χ0v) is 18.6. The number of rotatable bonds is 8. The van der Waals surface area contributed by atoms with E-state index in [1.807, 2.05) is 60.9 Å². The van der Waals surface area contributed by atoms with Gasteiger partial charge in [0.15, 0.2) is 0 Å². The van der Waals surface area contributed by atoms with E-state index in [-0.39, 0.29) is 11.9 Å². The van der Waals surface area contributed by atoms with Crippen LogP contribution in [0.2, 0.25) is 0 Å². The minimum Gasteiger partial charge on any atom is -0.440 e. The van der Waals surface area contributed by atoms with Crippen LogP contribution in [-0.2, 0) is 0 Å². The normalized spacial score (nSPS) is 10.8. The molecular formula is C24H25N5O2S. The maximum Gasteiger partial charge on any atom is 0.323 e. The van der Waals surface area contributed by atoms with E-state index in [0.29, 0.717) is 22.9 Å². The lowest BCUT2D eigenvalue weighted by molar-refractivity contribution is 0.262. The quantitative estimate of drug-likeness (QED) is 0.176. The summed E-state index contributed by atoms with van der Waals surface area (Å²) in [6.07, 6.45) is 3.59. The van der Waals surface area contributed by atoms with Gasteiger partial charge in [0.2, 0.25) is 5.90 Å². The summed E-state index contributed by atoms with van der Waals surface area (Å²) in [5.74, 6) is 1.08. The molecule has 3 rings (SSSR count). The van der Waals surface area contributed by atoms with Gasteiger partial charge in [-0.05, 0) is 66.9 Å². The SMILES string of the molecule is CN/C(=C\C(=N)Oc1ccc(NC(=O)Nc2ccccc2)cc1)Nc1ccc(SC)cc1. The molecule has 0 fully saturated rings. The van der Waals surface area contributed by atoms with Crippen molar-refractivity contribution < 1.29 is 9.53 Å². The van der Waals surface area contributed by atoms with E-state index in [1.165, 1.54) is 4.90 Å². The van der Waals surface area contributed by atoms with Crippen LogP contribution >= 0.6 is 11.8 Å². The highest BCUT2D eigenvalue weighted by Crippen LogP contribution is 2.19. The van der Waals surface area contributed by atoms with Crippen molar-refractivity contribution in [1.82, 2.24) is 5.32 Å². The van der Waals surface area contributed by atoms with Gasteiger partial charge in [-0.1, -0.05) is 18.2 Å². The van der Waals surface area contributed by atoms with E-state index < -0.39 is 0 Å². The van der Waals surface area contributed by atoms with Gasteiger partial charge in [-0.3, -0.25) is 5.41 Å². The summed E-state index contributed by atoms with van der Waals surface area (Å²) >= 11 is 1.68. The Kier molecular flexibility index (Phi) is 8.16. The zero-order chi connectivity index (χ0) is 22.8. The van der Waals surface area contributed by atoms with Gasteiger partial charge in [-0.15, -0.1) is 11.8 Å². The van der Waals surface area contributed by atoms with Crippen molar-refractivity contribution in [2.24, 2.45) is 0 Å². The number of carbonyl (C=O) groups is 1. The summed E-state index contributed by atoms with van der Waals surface area (Å²) in [6.45, 7) is 0. The highest BCUT2D eigenvalue weighted by atomic mass is 32.2. The molecule has 164 valence electrons. The van der Waals surface area contributed by atoms with E-state index >= 15 is 0 Å². The molecule has 0 aliphatic carbocycles. The van der Waals surface area contributed by atoms with Crippen LogP contribution in [0.1, 0.15) is 0 Å². The Hall–Kier alpha value is -3.91. The Labute approximate surface area is 191 Å². The third-order valence-electron chi connectivity index (χ3n) is 4.29. The maximum atomic E-state index is 12.1. The summed E-state index contributed by atoms with van der Waals surface area (Å²) in [4.78, 5) is 13.3. The Morgan fingerprint density at radius 3 is 2.00 bits per heavy atom. The molecule has 0 spiro atoms. The van der Waals surface area contributed by atoms with E-state index in [9.17, 15) is 4.79 Å². The number of para-hydroxylation sites is 1. The molecule has 32 heavy (non-hydrogen) atoms. The van der Waals surface area contributed by atoms with Crippen LogP contribution in [-0.4, -0.2) is 25.2 Å². The molecule has 0 unspecified atom stereocenters. The largest absolute Gasteiger partial charge is 0.440 e. The van der Waals surface area contributed by atoms with Gasteiger partial charge in [0.05, 0.1) is 0 Å². The molecule has 3 aromatic rings. The van der Waals surface area contributed by atoms with Gasteiger partial charge in [0, 0.05) is 35.1 Å². The number of hydrogen-bond acceptors (Lipinski definition) is 6. The van der Waals surface area contributed by atoms with E-state index in [2.05, 4.69) is 21.3 Å². The second-order valence-corrected chi connectivity index (χ2v) is 7.48. The van der Waals surface area contributed by atoms with E-state index in [0.717, 1.165) is 5.69 Å². The van der Waals surface area contributed by atoms with Crippen molar-refractivity contribution in [1.29, 1.82) is 5.41 Å². The summed E-state index contributed by atoms with van der Waals surface area (Å²) < 4.78 is 5.57. The molecule has 0 saturated heterocycles. The molecule has 2 amide bonds. The number of amides is 2. The van der Waals surface area contributed by atoms with Gasteiger partial charge in [0.25, 0.3) is 0 Å². The van der Waals surface area contributed by atoms with Crippen molar-refractivity contribution in [2.45, 2.75) is 4.90 Å². The number of nitrogens with one attached hydrogen (secondary N) is 5.